The van der Waals surface area contributed by atoms with Gasteiger partial charge in [0.1, 0.15) is 33.9 Å². The molecule has 5 nitrogen and oxygen atoms in total. The highest BCUT2D eigenvalue weighted by atomic mass is 32.1. The van der Waals surface area contributed by atoms with Crippen LogP contribution in [0, 0.1) is 0 Å². The molecule has 2 heterocycles. The summed E-state index contributed by atoms with van der Waals surface area (Å²) in [6.45, 7) is 6.97. The molecule has 7 aromatic rings. The first-order valence-corrected chi connectivity index (χ1v) is 22.2. The quantitative estimate of drug-likeness (QED) is 0.0685. The van der Waals surface area contributed by atoms with Gasteiger partial charge in [-0.15, -0.1) is 11.3 Å². The first-order valence-electron chi connectivity index (χ1n) is 19.4. The maximum absolute atomic E-state index is 12.9. The fourth-order valence-corrected chi connectivity index (χ4v) is 12.7. The topological polar surface area (TPSA) is 47.4 Å². The molecular formula is C48H49N3O2PS+. The Balaban J connectivity index is 0.940. The minimum atomic E-state index is -1.78. The van der Waals surface area contributed by atoms with Crippen molar-refractivity contribution >= 4 is 40.2 Å². The number of ether oxygens (including phenoxy) is 1. The van der Waals surface area contributed by atoms with Crippen LogP contribution in [-0.2, 0) is 0 Å². The van der Waals surface area contributed by atoms with Gasteiger partial charge in [0.15, 0.2) is 0 Å². The summed E-state index contributed by atoms with van der Waals surface area (Å²) in [5.74, 6) is 0.842. The van der Waals surface area contributed by atoms with Gasteiger partial charge in [-0.3, -0.25) is 4.79 Å². The van der Waals surface area contributed by atoms with Crippen LogP contribution in [0.25, 0.3) is 26.7 Å². The lowest BCUT2D eigenvalue weighted by Gasteiger charge is -2.27. The van der Waals surface area contributed by atoms with Crippen molar-refractivity contribution in [3.8, 4) is 32.4 Å². The summed E-state index contributed by atoms with van der Waals surface area (Å²) in [4.78, 5) is 16.4. The van der Waals surface area contributed by atoms with Crippen LogP contribution in [0.2, 0.25) is 0 Å². The average Bonchev–Trinajstić information content (AvgIpc) is 3.74. The van der Waals surface area contributed by atoms with E-state index in [-0.39, 0.29) is 5.56 Å². The van der Waals surface area contributed by atoms with Gasteiger partial charge in [-0.1, -0.05) is 66.7 Å². The highest BCUT2D eigenvalue weighted by molar-refractivity contribution is 7.95. The molecule has 0 N–H and O–H groups in total. The van der Waals surface area contributed by atoms with E-state index in [0.29, 0.717) is 6.61 Å². The lowest BCUT2D eigenvalue weighted by Crippen LogP contribution is -2.33. The molecular weight excluding hydrogens is 714 g/mol. The fourth-order valence-electron chi connectivity index (χ4n) is 7.34. The Morgan fingerprint density at radius 1 is 0.600 bits per heavy atom. The number of anilines is 1. The molecule has 0 aliphatic carbocycles. The van der Waals surface area contributed by atoms with Crippen LogP contribution < -0.4 is 31.1 Å². The Morgan fingerprint density at radius 3 is 1.75 bits per heavy atom. The molecule has 278 valence electrons. The third-order valence-electron chi connectivity index (χ3n) is 10.3. The van der Waals surface area contributed by atoms with Crippen molar-refractivity contribution in [3.63, 3.8) is 0 Å². The van der Waals surface area contributed by atoms with Gasteiger partial charge in [0.05, 0.1) is 18.5 Å². The molecule has 0 aliphatic rings. The Labute approximate surface area is 330 Å². The van der Waals surface area contributed by atoms with Crippen molar-refractivity contribution in [2.24, 2.45) is 0 Å². The van der Waals surface area contributed by atoms with Crippen LogP contribution in [0.3, 0.4) is 0 Å². The zero-order valence-electron chi connectivity index (χ0n) is 31.8. The van der Waals surface area contributed by atoms with E-state index in [1.807, 2.05) is 30.3 Å². The number of benzene rings is 5. The monoisotopic (exact) mass is 762 g/mol. The predicted molar refractivity (Wildman–Crippen MR) is 236 cm³/mol. The van der Waals surface area contributed by atoms with E-state index in [1.54, 1.807) is 23.5 Å². The summed E-state index contributed by atoms with van der Waals surface area (Å²) >= 11 is 1.57. The Kier molecular flexibility index (Phi) is 12.7. The van der Waals surface area contributed by atoms with Crippen LogP contribution in [0.4, 0.5) is 5.69 Å². The lowest BCUT2D eigenvalue weighted by molar-refractivity contribution is 0.305. The molecule has 2 aromatic heterocycles. The summed E-state index contributed by atoms with van der Waals surface area (Å²) in [7, 11) is -1.78. The number of rotatable bonds is 17. The first kappa shape index (κ1) is 38.0. The van der Waals surface area contributed by atoms with Gasteiger partial charge in [-0.2, -0.15) is 9.78 Å². The number of aromatic nitrogens is 2. The van der Waals surface area contributed by atoms with Crippen molar-refractivity contribution in [1.29, 1.82) is 0 Å². The van der Waals surface area contributed by atoms with Crippen LogP contribution in [-0.4, -0.2) is 35.6 Å². The van der Waals surface area contributed by atoms with Crippen LogP contribution in [0.5, 0.6) is 5.75 Å². The zero-order chi connectivity index (χ0) is 37.9. The molecule has 0 bridgehead atoms. The maximum atomic E-state index is 12.9. The minimum absolute atomic E-state index is 0.151. The second kappa shape index (κ2) is 18.4. The summed E-state index contributed by atoms with van der Waals surface area (Å²) < 4.78 is 7.68. The van der Waals surface area contributed by atoms with Crippen molar-refractivity contribution in [2.75, 3.05) is 30.8 Å². The van der Waals surface area contributed by atoms with Gasteiger partial charge < -0.3 is 9.64 Å². The second-order valence-corrected chi connectivity index (χ2v) is 18.3. The molecule has 7 rings (SSSR count). The van der Waals surface area contributed by atoms with Gasteiger partial charge in [0, 0.05) is 35.3 Å². The third-order valence-corrected chi connectivity index (χ3v) is 15.9. The SMILES string of the molecule is CCN(CC)c1ccc(-c2ccc(-n3nc(-c4ccc(OCCCCCC[P+](c5ccccc5)(c5ccccc5)c5ccccc5)cc4)ccc3=O)s2)cc1. The molecule has 0 amide bonds. The highest BCUT2D eigenvalue weighted by Gasteiger charge is 2.44. The van der Waals surface area contributed by atoms with Gasteiger partial charge in [0.25, 0.3) is 5.56 Å². The number of hydrogen-bond acceptors (Lipinski definition) is 5. The Bertz CT molecular complexity index is 2190. The second-order valence-electron chi connectivity index (χ2n) is 13.7. The maximum Gasteiger partial charge on any atom is 0.272 e. The van der Waals surface area contributed by atoms with Crippen molar-refractivity contribution in [2.45, 2.75) is 39.5 Å². The van der Waals surface area contributed by atoms with Crippen molar-refractivity contribution in [3.05, 3.63) is 174 Å². The number of nitrogens with zero attached hydrogens (tertiary/aromatic N) is 3. The number of thiophene rings is 1. The number of hydrogen-bond donors (Lipinski definition) is 0. The van der Waals surface area contributed by atoms with Crippen molar-refractivity contribution in [1.82, 2.24) is 9.78 Å². The van der Waals surface area contributed by atoms with Gasteiger partial charge in [0.2, 0.25) is 0 Å². The van der Waals surface area contributed by atoms with Crippen LogP contribution in [0.15, 0.2) is 169 Å². The number of unbranched alkanes of at least 4 members (excludes halogenated alkanes) is 3. The van der Waals surface area contributed by atoms with Gasteiger partial charge in [-0.05, 0) is 136 Å². The average molecular weight is 763 g/mol. The van der Waals surface area contributed by atoms with E-state index in [1.165, 1.54) is 26.3 Å². The first-order chi connectivity index (χ1) is 27.1. The normalized spacial score (nSPS) is 11.4. The molecule has 0 atom stereocenters. The van der Waals surface area contributed by atoms with E-state index in [4.69, 9.17) is 9.84 Å². The Morgan fingerprint density at radius 2 is 1.16 bits per heavy atom. The molecule has 0 aliphatic heterocycles. The van der Waals surface area contributed by atoms with Crippen LogP contribution >= 0.6 is 18.6 Å². The molecule has 0 radical (unpaired) electrons. The summed E-state index contributed by atoms with van der Waals surface area (Å²) in [5, 5.41) is 9.89. The molecule has 0 saturated heterocycles. The van der Waals surface area contributed by atoms with Crippen LogP contribution in [0.1, 0.15) is 39.5 Å². The molecule has 55 heavy (non-hydrogen) atoms. The van der Waals surface area contributed by atoms with Gasteiger partial charge in [-0.25, -0.2) is 0 Å². The van der Waals surface area contributed by atoms with E-state index in [9.17, 15) is 4.79 Å². The summed E-state index contributed by atoms with van der Waals surface area (Å²) in [6.07, 6.45) is 5.59. The lowest BCUT2D eigenvalue weighted by atomic mass is 10.1. The standard InChI is InChI=1S/C48H49N3O2PS/c1-3-50(4-2)40-28-24-39(25-29-40)46-33-35-48(55-46)51-47(52)34-32-45(49-51)38-26-30-41(31-27-38)53-36-16-5-6-17-37-54(42-18-10-7-11-19-42,43-20-12-8-13-21-43)44-22-14-9-15-23-44/h7-15,18-35H,3-6,16-17,36-37H2,1-2H3/q+1. The summed E-state index contributed by atoms with van der Waals surface area (Å²) in [6, 6.07) is 57.5. The van der Waals surface area contributed by atoms with E-state index in [2.05, 4.69) is 140 Å². The molecule has 7 heteroatoms. The largest absolute Gasteiger partial charge is 0.494 e. The minimum Gasteiger partial charge on any atom is -0.494 e. The van der Waals surface area contributed by atoms with Crippen molar-refractivity contribution < 1.29 is 4.74 Å². The van der Waals surface area contributed by atoms with Gasteiger partial charge >= 0.3 is 0 Å². The zero-order valence-corrected chi connectivity index (χ0v) is 33.5. The Hall–Kier alpha value is -5.29. The molecule has 5 aromatic carbocycles. The molecule has 0 saturated carbocycles. The molecule has 0 unspecified atom stereocenters. The highest BCUT2D eigenvalue weighted by Crippen LogP contribution is 2.56. The third kappa shape index (κ3) is 8.83. The summed E-state index contributed by atoms with van der Waals surface area (Å²) in [5.41, 5.74) is 3.87. The fraction of sp³-hybridized carbons (Fsp3) is 0.208. The van der Waals surface area contributed by atoms with E-state index >= 15 is 0 Å². The smallest absolute Gasteiger partial charge is 0.272 e. The molecule has 0 spiro atoms. The molecule has 0 fully saturated rings. The van der Waals surface area contributed by atoms with E-state index in [0.717, 1.165) is 77.4 Å². The predicted octanol–water partition coefficient (Wildman–Crippen LogP) is 10.4. The van der Waals surface area contributed by atoms with E-state index < -0.39 is 7.26 Å².